The van der Waals surface area contributed by atoms with Crippen molar-refractivity contribution in [1.82, 2.24) is 19.9 Å². The van der Waals surface area contributed by atoms with Gasteiger partial charge in [-0.25, -0.2) is 4.39 Å². The number of likely N-dealkylation sites (tertiary alicyclic amines) is 2. The number of hydrogen-bond donors (Lipinski definition) is 0. The van der Waals surface area contributed by atoms with Gasteiger partial charge in [0.1, 0.15) is 11.9 Å². The molecule has 0 saturated carbocycles. The van der Waals surface area contributed by atoms with Crippen molar-refractivity contribution in [2.45, 2.75) is 57.9 Å². The van der Waals surface area contributed by atoms with Gasteiger partial charge in [-0.05, 0) is 50.2 Å². The summed E-state index contributed by atoms with van der Waals surface area (Å²) in [6, 6.07) is 5.19. The minimum atomic E-state index is -0.806. The van der Waals surface area contributed by atoms with E-state index in [1.165, 1.54) is 17.0 Å². The van der Waals surface area contributed by atoms with Gasteiger partial charge in [-0.2, -0.15) is 4.98 Å². The number of allylic oxidation sites excluding steroid dienone is 2. The molecular weight excluding hydrogens is 463 g/mol. The Morgan fingerprint density at radius 1 is 1.17 bits per heavy atom. The number of imide groups is 1. The number of hydrogen-bond acceptors (Lipinski definition) is 6. The molecule has 0 bridgehead atoms. The van der Waals surface area contributed by atoms with Gasteiger partial charge in [0.15, 0.2) is 0 Å². The van der Waals surface area contributed by atoms with Gasteiger partial charge >= 0.3 is 0 Å². The SMILES string of the molecule is CC(C)CC(C(=O)N1CCCC(c2nc(-c3cccc(F)c3)no2)C1)N1C(=O)C2CC=CCC2C1=O. The van der Waals surface area contributed by atoms with Crippen LogP contribution in [-0.2, 0) is 14.4 Å². The molecule has 1 aromatic heterocycles. The Labute approximate surface area is 209 Å². The Bertz CT molecular complexity index is 1170. The van der Waals surface area contributed by atoms with E-state index in [1.807, 2.05) is 26.0 Å². The molecule has 36 heavy (non-hydrogen) atoms. The highest BCUT2D eigenvalue weighted by Gasteiger charge is 2.52. The molecule has 0 N–H and O–H groups in total. The zero-order chi connectivity index (χ0) is 25.4. The van der Waals surface area contributed by atoms with Crippen molar-refractivity contribution in [2.24, 2.45) is 17.8 Å². The minimum Gasteiger partial charge on any atom is -0.340 e. The second-order valence-corrected chi connectivity index (χ2v) is 10.4. The van der Waals surface area contributed by atoms with Gasteiger partial charge < -0.3 is 9.42 Å². The van der Waals surface area contributed by atoms with E-state index in [4.69, 9.17) is 4.52 Å². The van der Waals surface area contributed by atoms with Crippen molar-refractivity contribution >= 4 is 17.7 Å². The van der Waals surface area contributed by atoms with Gasteiger partial charge in [0.2, 0.25) is 29.4 Å². The van der Waals surface area contributed by atoms with Crippen LogP contribution >= 0.6 is 0 Å². The third-order valence-electron chi connectivity index (χ3n) is 7.44. The molecule has 3 amide bonds. The number of carbonyl (C=O) groups excluding carboxylic acids is 3. The molecule has 3 aliphatic rings. The predicted octanol–water partition coefficient (Wildman–Crippen LogP) is 3.95. The lowest BCUT2D eigenvalue weighted by Gasteiger charge is -2.36. The molecule has 4 atom stereocenters. The molecule has 4 unspecified atom stereocenters. The molecule has 190 valence electrons. The molecule has 9 heteroatoms. The van der Waals surface area contributed by atoms with Crippen molar-refractivity contribution in [3.63, 3.8) is 0 Å². The van der Waals surface area contributed by atoms with Crippen LogP contribution < -0.4 is 0 Å². The Morgan fingerprint density at radius 2 is 1.89 bits per heavy atom. The summed E-state index contributed by atoms with van der Waals surface area (Å²) in [6.07, 6.45) is 6.92. The number of fused-ring (bicyclic) bond motifs is 1. The Balaban J connectivity index is 1.34. The molecule has 2 aromatic rings. The first kappa shape index (κ1) is 24.3. The minimum absolute atomic E-state index is 0.130. The van der Waals surface area contributed by atoms with Crippen molar-refractivity contribution in [3.05, 3.63) is 48.1 Å². The first-order chi connectivity index (χ1) is 17.3. The molecule has 3 heterocycles. The number of carbonyl (C=O) groups is 3. The van der Waals surface area contributed by atoms with Crippen LogP contribution in [0.15, 0.2) is 40.9 Å². The van der Waals surface area contributed by atoms with Crippen LogP contribution in [0.1, 0.15) is 57.8 Å². The fourth-order valence-electron chi connectivity index (χ4n) is 5.63. The topological polar surface area (TPSA) is 96.6 Å². The molecule has 1 aliphatic carbocycles. The van der Waals surface area contributed by atoms with Crippen molar-refractivity contribution in [1.29, 1.82) is 0 Å². The average Bonchev–Trinajstić information content (AvgIpc) is 3.46. The smallest absolute Gasteiger partial charge is 0.245 e. The average molecular weight is 495 g/mol. The highest BCUT2D eigenvalue weighted by Crippen LogP contribution is 2.38. The van der Waals surface area contributed by atoms with E-state index in [9.17, 15) is 18.8 Å². The summed E-state index contributed by atoms with van der Waals surface area (Å²) in [7, 11) is 0. The van der Waals surface area contributed by atoms with Gasteiger partial charge in [-0.1, -0.05) is 43.3 Å². The first-order valence-electron chi connectivity index (χ1n) is 12.7. The van der Waals surface area contributed by atoms with E-state index in [2.05, 4.69) is 10.1 Å². The van der Waals surface area contributed by atoms with Crippen LogP contribution in [0.5, 0.6) is 0 Å². The lowest BCUT2D eigenvalue weighted by molar-refractivity contribution is -0.153. The summed E-state index contributed by atoms with van der Waals surface area (Å²) in [6.45, 7) is 4.89. The van der Waals surface area contributed by atoms with Crippen LogP contribution in [0.25, 0.3) is 11.4 Å². The third-order valence-corrected chi connectivity index (χ3v) is 7.44. The predicted molar refractivity (Wildman–Crippen MR) is 129 cm³/mol. The zero-order valence-corrected chi connectivity index (χ0v) is 20.6. The quantitative estimate of drug-likeness (QED) is 0.446. The summed E-state index contributed by atoms with van der Waals surface area (Å²) in [5.41, 5.74) is 0.521. The second kappa shape index (κ2) is 9.95. The number of rotatable bonds is 6. The van der Waals surface area contributed by atoms with Crippen molar-refractivity contribution in [3.8, 4) is 11.4 Å². The zero-order valence-electron chi connectivity index (χ0n) is 20.6. The molecular formula is C27H31FN4O4. The van der Waals surface area contributed by atoms with E-state index in [0.717, 1.165) is 12.8 Å². The second-order valence-electron chi connectivity index (χ2n) is 10.4. The highest BCUT2D eigenvalue weighted by atomic mass is 19.1. The summed E-state index contributed by atoms with van der Waals surface area (Å²) in [5.74, 6) is -1.10. The van der Waals surface area contributed by atoms with Crippen LogP contribution in [-0.4, -0.2) is 56.8 Å². The molecule has 0 spiro atoms. The number of benzene rings is 1. The fraction of sp³-hybridized carbons (Fsp3) is 0.519. The van der Waals surface area contributed by atoms with Gasteiger partial charge in [0, 0.05) is 18.7 Å². The maximum Gasteiger partial charge on any atom is 0.245 e. The first-order valence-corrected chi connectivity index (χ1v) is 12.7. The van der Waals surface area contributed by atoms with Crippen molar-refractivity contribution < 1.29 is 23.3 Å². The summed E-state index contributed by atoms with van der Waals surface area (Å²) >= 11 is 0. The number of piperidine rings is 1. The van der Waals surface area contributed by atoms with Crippen LogP contribution in [0, 0.1) is 23.6 Å². The third kappa shape index (κ3) is 4.58. The molecule has 2 aliphatic heterocycles. The normalized spacial score (nSPS) is 24.9. The monoisotopic (exact) mass is 494 g/mol. The molecule has 2 saturated heterocycles. The highest BCUT2D eigenvalue weighted by molar-refractivity contribution is 6.08. The summed E-state index contributed by atoms with van der Waals surface area (Å²) in [5, 5.41) is 4.01. The summed E-state index contributed by atoms with van der Waals surface area (Å²) in [4.78, 5) is 47.8. The number of halogens is 1. The number of amides is 3. The van der Waals surface area contributed by atoms with E-state index in [-0.39, 0.29) is 47.2 Å². The Hall–Kier alpha value is -3.36. The number of aromatic nitrogens is 2. The molecule has 2 fully saturated rings. The Kier molecular flexibility index (Phi) is 6.73. The molecule has 0 radical (unpaired) electrons. The molecule has 8 nitrogen and oxygen atoms in total. The summed E-state index contributed by atoms with van der Waals surface area (Å²) < 4.78 is 19.1. The maximum absolute atomic E-state index is 13.8. The maximum atomic E-state index is 13.8. The molecule has 5 rings (SSSR count). The van der Waals surface area contributed by atoms with Crippen LogP contribution in [0.2, 0.25) is 0 Å². The van der Waals surface area contributed by atoms with Gasteiger partial charge in [0.25, 0.3) is 0 Å². The van der Waals surface area contributed by atoms with Crippen molar-refractivity contribution in [2.75, 3.05) is 13.1 Å². The van der Waals surface area contributed by atoms with E-state index in [1.54, 1.807) is 17.0 Å². The molecule has 1 aromatic carbocycles. The lowest BCUT2D eigenvalue weighted by Crippen LogP contribution is -2.53. The van der Waals surface area contributed by atoms with Gasteiger partial charge in [0.05, 0.1) is 17.8 Å². The fourth-order valence-corrected chi connectivity index (χ4v) is 5.63. The van der Waals surface area contributed by atoms with Crippen LogP contribution in [0.3, 0.4) is 0 Å². The van der Waals surface area contributed by atoms with E-state index >= 15 is 0 Å². The lowest BCUT2D eigenvalue weighted by atomic mass is 9.85. The van der Waals surface area contributed by atoms with E-state index < -0.39 is 6.04 Å². The van der Waals surface area contributed by atoms with Gasteiger partial charge in [-0.15, -0.1) is 0 Å². The van der Waals surface area contributed by atoms with Gasteiger partial charge in [-0.3, -0.25) is 19.3 Å². The van der Waals surface area contributed by atoms with Crippen LogP contribution in [0.4, 0.5) is 4.39 Å². The number of nitrogens with zero attached hydrogens (tertiary/aromatic N) is 4. The Morgan fingerprint density at radius 3 is 2.56 bits per heavy atom. The van der Waals surface area contributed by atoms with E-state index in [0.29, 0.717) is 49.6 Å². The standard InChI is InChI=1S/C27H31FN4O4/c1-16(2)13-22(32-25(33)20-10-3-4-11-21(20)26(32)34)27(35)31-12-6-8-18(15-31)24-29-23(30-36-24)17-7-5-9-19(28)14-17/h3-5,7,9,14,16,18,20-22H,6,8,10-13,15H2,1-2H3. The largest absolute Gasteiger partial charge is 0.340 e.